The van der Waals surface area contributed by atoms with Crippen LogP contribution in [0.1, 0.15) is 12.8 Å². The van der Waals surface area contributed by atoms with Gasteiger partial charge < -0.3 is 10.5 Å². The van der Waals surface area contributed by atoms with Gasteiger partial charge in [-0.2, -0.15) is 4.39 Å². The molecule has 1 aromatic carbocycles. The third-order valence-corrected chi connectivity index (χ3v) is 2.41. The van der Waals surface area contributed by atoms with Gasteiger partial charge in [0.05, 0.1) is 5.54 Å². The fourth-order valence-corrected chi connectivity index (χ4v) is 1.15. The lowest BCUT2D eigenvalue weighted by molar-refractivity contribution is 0.261. The minimum Gasteiger partial charge on any atom is -0.488 e. The molecule has 0 aromatic heterocycles. The van der Waals surface area contributed by atoms with E-state index in [-0.39, 0.29) is 24.8 Å². The Kier molecular flexibility index (Phi) is 3.70. The number of halogens is 4. The maximum atomic E-state index is 13.1. The van der Waals surface area contributed by atoms with Gasteiger partial charge >= 0.3 is 0 Å². The summed E-state index contributed by atoms with van der Waals surface area (Å²) in [6.45, 7) is 0.120. The van der Waals surface area contributed by atoms with Crippen LogP contribution < -0.4 is 10.5 Å². The molecule has 0 radical (unpaired) electrons. The van der Waals surface area contributed by atoms with Crippen LogP contribution in [0.3, 0.4) is 0 Å². The normalized spacial score (nSPS) is 16.5. The molecule has 0 unspecified atom stereocenters. The monoisotopic (exact) mass is 253 g/mol. The zero-order valence-corrected chi connectivity index (χ0v) is 9.12. The number of ether oxygens (including phenoxy) is 1. The van der Waals surface area contributed by atoms with E-state index in [1.807, 2.05) is 0 Å². The molecule has 1 aliphatic carbocycles. The van der Waals surface area contributed by atoms with Gasteiger partial charge in [-0.3, -0.25) is 0 Å². The van der Waals surface area contributed by atoms with Gasteiger partial charge in [-0.25, -0.2) is 8.78 Å². The molecule has 2 nitrogen and oxygen atoms in total. The molecule has 1 saturated carbocycles. The smallest absolute Gasteiger partial charge is 0.203 e. The average molecular weight is 254 g/mol. The van der Waals surface area contributed by atoms with E-state index in [1.165, 1.54) is 0 Å². The summed E-state index contributed by atoms with van der Waals surface area (Å²) < 4.78 is 43.4. The van der Waals surface area contributed by atoms with Crippen molar-refractivity contribution in [2.45, 2.75) is 18.4 Å². The van der Waals surface area contributed by atoms with Crippen LogP contribution in [0.5, 0.6) is 5.75 Å². The van der Waals surface area contributed by atoms with Crippen molar-refractivity contribution in [3.8, 4) is 5.75 Å². The van der Waals surface area contributed by atoms with Gasteiger partial charge in [0.25, 0.3) is 0 Å². The number of hydrogen-bond acceptors (Lipinski definition) is 2. The topological polar surface area (TPSA) is 35.2 Å². The average Bonchev–Trinajstić information content (AvgIpc) is 2.93. The van der Waals surface area contributed by atoms with Crippen molar-refractivity contribution in [2.24, 2.45) is 5.73 Å². The molecule has 0 saturated heterocycles. The highest BCUT2D eigenvalue weighted by atomic mass is 35.5. The van der Waals surface area contributed by atoms with Crippen LogP contribution in [0.4, 0.5) is 13.2 Å². The summed E-state index contributed by atoms with van der Waals surface area (Å²) in [5, 5.41) is 0. The number of benzene rings is 1. The summed E-state index contributed by atoms with van der Waals surface area (Å²) in [7, 11) is 0. The second-order valence-electron chi connectivity index (χ2n) is 3.82. The Balaban J connectivity index is 0.00000128. The fourth-order valence-electron chi connectivity index (χ4n) is 1.15. The molecule has 0 aliphatic heterocycles. The summed E-state index contributed by atoms with van der Waals surface area (Å²) in [6.07, 6.45) is 1.61. The molecule has 1 fully saturated rings. The van der Waals surface area contributed by atoms with Gasteiger partial charge in [0.2, 0.25) is 5.82 Å². The summed E-state index contributed by atoms with van der Waals surface area (Å²) in [5.41, 5.74) is 5.28. The highest BCUT2D eigenvalue weighted by Crippen LogP contribution is 2.33. The van der Waals surface area contributed by atoms with Crippen molar-refractivity contribution in [2.75, 3.05) is 6.61 Å². The van der Waals surface area contributed by atoms with Crippen LogP contribution in [0.25, 0.3) is 0 Å². The number of rotatable bonds is 3. The molecule has 16 heavy (non-hydrogen) atoms. The SMILES string of the molecule is Cl.NC1(COc2ccc(F)c(F)c2F)CC1. The lowest BCUT2D eigenvalue weighted by Gasteiger charge is -2.11. The van der Waals surface area contributed by atoms with Crippen molar-refractivity contribution >= 4 is 12.4 Å². The maximum absolute atomic E-state index is 13.1. The zero-order chi connectivity index (χ0) is 11.1. The van der Waals surface area contributed by atoms with Crippen molar-refractivity contribution < 1.29 is 17.9 Å². The van der Waals surface area contributed by atoms with Gasteiger partial charge in [0.15, 0.2) is 17.4 Å². The van der Waals surface area contributed by atoms with E-state index in [1.54, 1.807) is 0 Å². The van der Waals surface area contributed by atoms with Crippen molar-refractivity contribution in [1.29, 1.82) is 0 Å². The van der Waals surface area contributed by atoms with Crippen molar-refractivity contribution in [3.05, 3.63) is 29.6 Å². The van der Waals surface area contributed by atoms with Crippen LogP contribution in [0.2, 0.25) is 0 Å². The van der Waals surface area contributed by atoms with Crippen molar-refractivity contribution in [3.63, 3.8) is 0 Å². The molecule has 0 spiro atoms. The Morgan fingerprint density at radius 3 is 2.38 bits per heavy atom. The largest absolute Gasteiger partial charge is 0.488 e. The van der Waals surface area contributed by atoms with E-state index in [9.17, 15) is 13.2 Å². The maximum Gasteiger partial charge on any atom is 0.203 e. The first-order valence-electron chi connectivity index (χ1n) is 4.57. The predicted molar refractivity (Wildman–Crippen MR) is 55.2 cm³/mol. The minimum absolute atomic E-state index is 0. The number of hydrogen-bond donors (Lipinski definition) is 1. The van der Waals surface area contributed by atoms with Gasteiger partial charge in [0, 0.05) is 0 Å². The van der Waals surface area contributed by atoms with Crippen LogP contribution in [-0.2, 0) is 0 Å². The van der Waals surface area contributed by atoms with E-state index in [4.69, 9.17) is 10.5 Å². The summed E-state index contributed by atoms with van der Waals surface area (Å²) in [5.74, 6) is -4.35. The first-order chi connectivity index (χ1) is 7.02. The second-order valence-corrected chi connectivity index (χ2v) is 3.82. The van der Waals surface area contributed by atoms with Gasteiger partial charge in [-0.1, -0.05) is 0 Å². The van der Waals surface area contributed by atoms with Gasteiger partial charge in [-0.15, -0.1) is 12.4 Å². The van der Waals surface area contributed by atoms with Crippen LogP contribution in [0.15, 0.2) is 12.1 Å². The Morgan fingerprint density at radius 1 is 1.19 bits per heavy atom. The Hall–Kier alpha value is -0.940. The van der Waals surface area contributed by atoms with E-state index in [0.29, 0.717) is 0 Å². The van der Waals surface area contributed by atoms with Crippen LogP contribution in [-0.4, -0.2) is 12.1 Å². The highest BCUT2D eigenvalue weighted by Gasteiger charge is 2.39. The molecule has 0 amide bonds. The molecule has 1 aliphatic rings. The Morgan fingerprint density at radius 2 is 1.81 bits per heavy atom. The molecule has 0 atom stereocenters. The molecule has 1 aromatic rings. The first-order valence-corrected chi connectivity index (χ1v) is 4.57. The van der Waals surface area contributed by atoms with Crippen LogP contribution in [0, 0.1) is 17.5 Å². The van der Waals surface area contributed by atoms with Gasteiger partial charge in [0.1, 0.15) is 6.61 Å². The highest BCUT2D eigenvalue weighted by molar-refractivity contribution is 5.85. The van der Waals surface area contributed by atoms with E-state index in [2.05, 4.69) is 0 Å². The first kappa shape index (κ1) is 13.1. The lowest BCUT2D eigenvalue weighted by Crippen LogP contribution is -2.30. The third kappa shape index (κ3) is 2.59. The van der Waals surface area contributed by atoms with E-state index >= 15 is 0 Å². The predicted octanol–water partition coefficient (Wildman–Crippen LogP) is 2.40. The molecule has 2 N–H and O–H groups in total. The standard InChI is InChI=1S/C10H10F3NO.ClH/c11-6-1-2-7(9(13)8(6)12)15-5-10(14)3-4-10;/h1-2H,3-5,14H2;1H. The molecule has 90 valence electrons. The summed E-state index contributed by atoms with van der Waals surface area (Å²) >= 11 is 0. The fraction of sp³-hybridized carbons (Fsp3) is 0.400. The summed E-state index contributed by atoms with van der Waals surface area (Å²) in [4.78, 5) is 0. The molecule has 0 bridgehead atoms. The van der Waals surface area contributed by atoms with Gasteiger partial charge in [-0.05, 0) is 25.0 Å². The quantitative estimate of drug-likeness (QED) is 0.840. The zero-order valence-electron chi connectivity index (χ0n) is 8.30. The van der Waals surface area contributed by atoms with Crippen LogP contribution >= 0.6 is 12.4 Å². The Labute approximate surface area is 97.0 Å². The van der Waals surface area contributed by atoms with E-state index in [0.717, 1.165) is 25.0 Å². The minimum atomic E-state index is -1.52. The Bertz CT molecular complexity index is 396. The lowest BCUT2D eigenvalue weighted by atomic mass is 10.3. The molecule has 0 heterocycles. The van der Waals surface area contributed by atoms with E-state index < -0.39 is 23.0 Å². The second kappa shape index (κ2) is 4.51. The molecular formula is C10H11ClF3NO. The molecular weight excluding hydrogens is 243 g/mol. The number of nitrogens with two attached hydrogens (primary N) is 1. The van der Waals surface area contributed by atoms with Crippen molar-refractivity contribution in [1.82, 2.24) is 0 Å². The summed E-state index contributed by atoms with van der Waals surface area (Å²) in [6, 6.07) is 1.88. The third-order valence-electron chi connectivity index (χ3n) is 2.41. The molecule has 2 rings (SSSR count). The molecule has 6 heteroatoms.